The van der Waals surface area contributed by atoms with Gasteiger partial charge in [-0.3, -0.25) is 4.79 Å². The minimum absolute atomic E-state index is 0.0416. The van der Waals surface area contributed by atoms with Gasteiger partial charge in [-0.05, 0) is 25.7 Å². The molecule has 2 nitrogen and oxygen atoms in total. The molecule has 1 aliphatic rings. The lowest BCUT2D eigenvalue weighted by Gasteiger charge is -2.05. The van der Waals surface area contributed by atoms with Gasteiger partial charge in [-0.2, -0.15) is 0 Å². The lowest BCUT2D eigenvalue weighted by atomic mass is 10.1. The molecular weight excluding hydrogens is 164 g/mol. The summed E-state index contributed by atoms with van der Waals surface area (Å²) in [5.41, 5.74) is 0. The van der Waals surface area contributed by atoms with Crippen LogP contribution < -0.4 is 0 Å². The smallest absolute Gasteiger partial charge is 0.306 e. The van der Waals surface area contributed by atoms with Crippen LogP contribution in [0.25, 0.3) is 0 Å². The summed E-state index contributed by atoms with van der Waals surface area (Å²) in [6.45, 7) is 3.63. The van der Waals surface area contributed by atoms with E-state index in [-0.39, 0.29) is 12.1 Å². The van der Waals surface area contributed by atoms with Gasteiger partial charge in [0.25, 0.3) is 0 Å². The third-order valence-electron chi connectivity index (χ3n) is 2.09. The van der Waals surface area contributed by atoms with Gasteiger partial charge in [-0.25, -0.2) is 0 Å². The molecule has 0 aromatic rings. The average Bonchev–Trinajstić information content (AvgIpc) is 2.51. The van der Waals surface area contributed by atoms with E-state index < -0.39 is 0 Å². The highest BCUT2D eigenvalue weighted by Crippen LogP contribution is 2.18. The van der Waals surface area contributed by atoms with E-state index in [2.05, 4.69) is 18.7 Å². The van der Waals surface area contributed by atoms with Gasteiger partial charge in [-0.1, -0.05) is 18.2 Å². The van der Waals surface area contributed by atoms with Crippen LogP contribution in [-0.2, 0) is 9.53 Å². The first-order valence-corrected chi connectivity index (χ1v) is 4.78. The second kappa shape index (κ2) is 5.57. The molecule has 1 fully saturated rings. The Hall–Kier alpha value is -1.05. The maximum atomic E-state index is 10.7. The molecule has 0 unspecified atom stereocenters. The van der Waals surface area contributed by atoms with Crippen molar-refractivity contribution in [3.8, 4) is 0 Å². The molecule has 0 aromatic carbocycles. The van der Waals surface area contributed by atoms with E-state index in [1.807, 2.05) is 6.08 Å². The Balaban J connectivity index is 2.06. The first-order valence-electron chi connectivity index (χ1n) is 4.78. The predicted octanol–water partition coefficient (Wildman–Crippen LogP) is 2.60. The number of rotatable bonds is 5. The minimum atomic E-state index is -0.0416. The van der Waals surface area contributed by atoms with E-state index in [9.17, 15) is 4.79 Å². The van der Waals surface area contributed by atoms with Gasteiger partial charge < -0.3 is 4.74 Å². The summed E-state index contributed by atoms with van der Waals surface area (Å²) < 4.78 is 5.07. The number of esters is 1. The van der Waals surface area contributed by atoms with E-state index in [0.717, 1.165) is 25.7 Å². The topological polar surface area (TPSA) is 26.3 Å². The molecule has 13 heavy (non-hydrogen) atoms. The van der Waals surface area contributed by atoms with Crippen molar-refractivity contribution < 1.29 is 9.53 Å². The van der Waals surface area contributed by atoms with Crippen LogP contribution in [0, 0.1) is 0 Å². The first kappa shape index (κ1) is 10.0. The second-order valence-electron chi connectivity index (χ2n) is 3.22. The molecular formula is C11H16O2. The van der Waals surface area contributed by atoms with Crippen molar-refractivity contribution in [3.63, 3.8) is 0 Å². The summed E-state index contributed by atoms with van der Waals surface area (Å²) in [7, 11) is 0. The Bertz CT molecular complexity index is 206. The van der Waals surface area contributed by atoms with Crippen LogP contribution in [0.1, 0.15) is 32.1 Å². The number of ether oxygens (including phenoxy) is 1. The van der Waals surface area contributed by atoms with Crippen molar-refractivity contribution in [2.45, 2.75) is 38.2 Å². The van der Waals surface area contributed by atoms with Gasteiger partial charge >= 0.3 is 5.97 Å². The molecule has 0 aliphatic carbocycles. The van der Waals surface area contributed by atoms with Crippen LogP contribution in [0.5, 0.6) is 0 Å². The van der Waals surface area contributed by atoms with E-state index in [0.29, 0.717) is 6.42 Å². The van der Waals surface area contributed by atoms with Gasteiger partial charge in [0, 0.05) is 6.42 Å². The maximum Gasteiger partial charge on any atom is 0.306 e. The van der Waals surface area contributed by atoms with Crippen molar-refractivity contribution in [2.24, 2.45) is 0 Å². The van der Waals surface area contributed by atoms with Gasteiger partial charge in [0.1, 0.15) is 6.10 Å². The van der Waals surface area contributed by atoms with Gasteiger partial charge in [-0.15, -0.1) is 6.58 Å². The molecule has 0 saturated carbocycles. The van der Waals surface area contributed by atoms with Crippen molar-refractivity contribution in [1.29, 1.82) is 0 Å². The number of cyclic esters (lactones) is 1. The second-order valence-corrected chi connectivity index (χ2v) is 3.22. The molecule has 0 radical (unpaired) electrons. The van der Waals surface area contributed by atoms with Gasteiger partial charge in [0.2, 0.25) is 0 Å². The summed E-state index contributed by atoms with van der Waals surface area (Å²) in [4.78, 5) is 10.7. The lowest BCUT2D eigenvalue weighted by Crippen LogP contribution is -2.05. The number of carbonyl (C=O) groups is 1. The van der Waals surface area contributed by atoms with E-state index in [4.69, 9.17) is 4.74 Å². The predicted molar refractivity (Wildman–Crippen MR) is 52.3 cm³/mol. The summed E-state index contributed by atoms with van der Waals surface area (Å²) in [5, 5.41) is 0. The maximum absolute atomic E-state index is 10.7. The molecule has 1 atom stereocenters. The Morgan fingerprint density at radius 1 is 1.54 bits per heavy atom. The molecule has 72 valence electrons. The van der Waals surface area contributed by atoms with Crippen LogP contribution in [-0.4, -0.2) is 12.1 Å². The molecule has 0 aromatic heterocycles. The number of allylic oxidation sites excluding steroid dienone is 3. The summed E-state index contributed by atoms with van der Waals surface area (Å²) in [6.07, 6.45) is 10.6. The zero-order valence-corrected chi connectivity index (χ0v) is 7.87. The third kappa shape index (κ3) is 3.92. The lowest BCUT2D eigenvalue weighted by molar-refractivity contribution is -0.141. The zero-order valence-electron chi connectivity index (χ0n) is 7.87. The van der Waals surface area contributed by atoms with Crippen LogP contribution in [0.2, 0.25) is 0 Å². The largest absolute Gasteiger partial charge is 0.462 e. The van der Waals surface area contributed by atoms with Crippen LogP contribution >= 0.6 is 0 Å². The Labute approximate surface area is 79.3 Å². The fourth-order valence-corrected chi connectivity index (χ4v) is 1.38. The molecule has 0 bridgehead atoms. The summed E-state index contributed by atoms with van der Waals surface area (Å²) in [5.74, 6) is -0.0416. The highest BCUT2D eigenvalue weighted by Gasteiger charge is 2.21. The van der Waals surface area contributed by atoms with Gasteiger partial charge in [0.05, 0.1) is 0 Å². The van der Waals surface area contributed by atoms with Crippen molar-refractivity contribution >= 4 is 5.97 Å². The molecule has 2 heteroatoms. The molecule has 1 saturated heterocycles. The zero-order chi connectivity index (χ0) is 9.52. The van der Waals surface area contributed by atoms with Crippen LogP contribution in [0.3, 0.4) is 0 Å². The number of hydrogen-bond acceptors (Lipinski definition) is 2. The summed E-state index contributed by atoms with van der Waals surface area (Å²) in [6, 6.07) is 0. The fraction of sp³-hybridized carbons (Fsp3) is 0.545. The van der Waals surface area contributed by atoms with Crippen molar-refractivity contribution in [3.05, 3.63) is 24.8 Å². The van der Waals surface area contributed by atoms with E-state index >= 15 is 0 Å². The van der Waals surface area contributed by atoms with Crippen molar-refractivity contribution in [2.75, 3.05) is 0 Å². The fourth-order valence-electron chi connectivity index (χ4n) is 1.38. The van der Waals surface area contributed by atoms with Crippen LogP contribution in [0.4, 0.5) is 0 Å². The quantitative estimate of drug-likeness (QED) is 0.480. The standard InChI is InChI=1S/C11H16O2/c1-2-3-4-5-6-7-10-8-9-11(12)13-10/h2,4-5,10H,1,3,6-9H2/b5-4+/t10-/m1/s1. The minimum Gasteiger partial charge on any atom is -0.462 e. The Morgan fingerprint density at radius 3 is 3.00 bits per heavy atom. The molecule has 1 aliphatic heterocycles. The molecule has 1 heterocycles. The highest BCUT2D eigenvalue weighted by atomic mass is 16.5. The van der Waals surface area contributed by atoms with Crippen molar-refractivity contribution in [1.82, 2.24) is 0 Å². The monoisotopic (exact) mass is 180 g/mol. The third-order valence-corrected chi connectivity index (χ3v) is 2.09. The number of hydrogen-bond donors (Lipinski definition) is 0. The summed E-state index contributed by atoms with van der Waals surface area (Å²) >= 11 is 0. The van der Waals surface area contributed by atoms with E-state index in [1.165, 1.54) is 0 Å². The molecule has 0 amide bonds. The van der Waals surface area contributed by atoms with Gasteiger partial charge in [0.15, 0.2) is 0 Å². The van der Waals surface area contributed by atoms with E-state index in [1.54, 1.807) is 0 Å². The SMILES string of the molecule is C=CC/C=C/CC[C@@H]1CCC(=O)O1. The molecule has 0 N–H and O–H groups in total. The normalized spacial score (nSPS) is 22.2. The molecule has 0 spiro atoms. The Morgan fingerprint density at radius 2 is 2.38 bits per heavy atom. The number of carbonyl (C=O) groups excluding carboxylic acids is 1. The molecule has 1 rings (SSSR count). The van der Waals surface area contributed by atoms with Crippen LogP contribution in [0.15, 0.2) is 24.8 Å². The Kier molecular flexibility index (Phi) is 4.30. The highest BCUT2D eigenvalue weighted by molar-refractivity contribution is 5.71. The first-order chi connectivity index (χ1) is 6.33. The average molecular weight is 180 g/mol.